The Morgan fingerprint density at radius 2 is 0.547 bits per heavy atom. The van der Waals surface area contributed by atoms with E-state index in [2.05, 4.69) is 43.5 Å². The molecule has 0 saturated carbocycles. The summed E-state index contributed by atoms with van der Waals surface area (Å²) in [6.45, 7) is 5.00. The second-order valence-electron chi connectivity index (χ2n) is 27.4. The van der Waals surface area contributed by atoms with Crippen molar-refractivity contribution >= 4 is 11.9 Å². The summed E-state index contributed by atoms with van der Waals surface area (Å²) in [5, 5.41) is 23.5. The van der Waals surface area contributed by atoms with Crippen LogP contribution < -0.4 is 5.32 Å². The van der Waals surface area contributed by atoms with E-state index < -0.39 is 12.1 Å². The summed E-state index contributed by atoms with van der Waals surface area (Å²) in [5.41, 5.74) is 0. The fourth-order valence-electron chi connectivity index (χ4n) is 12.7. The van der Waals surface area contributed by atoms with Gasteiger partial charge in [-0.3, -0.25) is 9.59 Å². The molecule has 0 aliphatic carbocycles. The Bertz CT molecular complexity index is 1350. The van der Waals surface area contributed by atoms with Gasteiger partial charge in [-0.1, -0.05) is 385 Å². The summed E-state index contributed by atoms with van der Waals surface area (Å²) in [6.07, 6.45) is 96.9. The molecule has 0 fully saturated rings. The van der Waals surface area contributed by atoms with Crippen molar-refractivity contribution in [3.63, 3.8) is 0 Å². The predicted octanol–water partition coefficient (Wildman–Crippen LogP) is 26.0. The second-order valence-corrected chi connectivity index (χ2v) is 27.4. The number of esters is 1. The molecule has 86 heavy (non-hydrogen) atoms. The minimum Gasteiger partial charge on any atom is -0.466 e. The lowest BCUT2D eigenvalue weighted by Crippen LogP contribution is -2.45. The highest BCUT2D eigenvalue weighted by Gasteiger charge is 2.20. The van der Waals surface area contributed by atoms with Crippen LogP contribution in [0, 0.1) is 0 Å². The van der Waals surface area contributed by atoms with Crippen LogP contribution in [0.2, 0.25) is 0 Å². The molecule has 0 aromatic rings. The summed E-state index contributed by atoms with van der Waals surface area (Å²) >= 11 is 0. The van der Waals surface area contributed by atoms with Crippen LogP contribution in [0.1, 0.15) is 450 Å². The maximum atomic E-state index is 12.6. The number of hydrogen-bond donors (Lipinski definition) is 3. The van der Waals surface area contributed by atoms with E-state index in [0.29, 0.717) is 25.9 Å². The summed E-state index contributed by atoms with van der Waals surface area (Å²) < 4.78 is 5.50. The SMILES string of the molecule is CCCCCCCCC/C=C\CCCCCCCC(=O)OCCCCCCCCCCCCCC/C=C\CCCCCCCCCCCCCCCCCC(=O)NC(CO)C(O)CCCCCCCCCCCCCCCCCCCCCCCC. The Hall–Kier alpha value is -1.66. The summed E-state index contributed by atoms with van der Waals surface area (Å²) in [7, 11) is 0. The number of ether oxygens (including phenoxy) is 1. The standard InChI is InChI=1S/C80H155NO5/c1-3-5-7-9-11-13-15-17-19-21-22-23-35-38-41-44-48-52-56-60-64-68-72-78(83)77(76-82)81-79(84)73-69-65-61-57-53-49-45-42-39-36-33-31-29-27-25-24-26-28-30-32-34-37-40-43-47-51-55-59-63-67-71-75-86-80(85)74-70-66-62-58-54-50-46-20-18-16-14-12-10-8-6-4-2/h20,26,28,46,77-78,82-83H,3-19,21-25,27,29-45,47-76H2,1-2H3,(H,81,84)/b28-26-,46-20-. The molecular formula is C80H155NO5. The third kappa shape index (κ3) is 71.4. The van der Waals surface area contributed by atoms with Gasteiger partial charge in [-0.25, -0.2) is 0 Å². The molecule has 0 aromatic carbocycles. The van der Waals surface area contributed by atoms with Crippen molar-refractivity contribution in [2.75, 3.05) is 13.2 Å². The first-order chi connectivity index (χ1) is 42.5. The van der Waals surface area contributed by atoms with Crippen molar-refractivity contribution in [1.82, 2.24) is 5.32 Å². The number of amides is 1. The zero-order valence-electron chi connectivity index (χ0n) is 58.6. The van der Waals surface area contributed by atoms with Crippen LogP contribution in [-0.4, -0.2) is 47.4 Å². The van der Waals surface area contributed by atoms with Gasteiger partial charge in [-0.05, 0) is 77.0 Å². The molecule has 0 radical (unpaired) electrons. The van der Waals surface area contributed by atoms with Crippen molar-refractivity contribution < 1.29 is 24.5 Å². The number of aliphatic hydroxyl groups is 2. The lowest BCUT2D eigenvalue weighted by Gasteiger charge is -2.22. The van der Waals surface area contributed by atoms with Gasteiger partial charge >= 0.3 is 5.97 Å². The van der Waals surface area contributed by atoms with Crippen LogP contribution in [-0.2, 0) is 14.3 Å². The second kappa shape index (κ2) is 75.8. The number of aliphatic hydroxyl groups excluding tert-OH is 2. The molecule has 0 aromatic heterocycles. The largest absolute Gasteiger partial charge is 0.466 e. The van der Waals surface area contributed by atoms with Crippen LogP contribution in [0.25, 0.3) is 0 Å². The first-order valence-electron chi connectivity index (χ1n) is 39.6. The van der Waals surface area contributed by atoms with Gasteiger partial charge in [0.05, 0.1) is 25.4 Å². The Labute approximate surface area is 539 Å². The van der Waals surface area contributed by atoms with Crippen LogP contribution in [0.15, 0.2) is 24.3 Å². The van der Waals surface area contributed by atoms with Gasteiger partial charge in [0.15, 0.2) is 0 Å². The average Bonchev–Trinajstić information content (AvgIpc) is 3.54. The number of hydrogen-bond acceptors (Lipinski definition) is 5. The van der Waals surface area contributed by atoms with Crippen molar-refractivity contribution in [1.29, 1.82) is 0 Å². The Morgan fingerprint density at radius 3 is 0.826 bits per heavy atom. The maximum Gasteiger partial charge on any atom is 0.305 e. The van der Waals surface area contributed by atoms with Crippen molar-refractivity contribution in [2.45, 2.75) is 463 Å². The highest BCUT2D eigenvalue weighted by molar-refractivity contribution is 5.76. The van der Waals surface area contributed by atoms with E-state index >= 15 is 0 Å². The van der Waals surface area contributed by atoms with E-state index in [-0.39, 0.29) is 18.5 Å². The predicted molar refractivity (Wildman–Crippen MR) is 380 cm³/mol. The first kappa shape index (κ1) is 84.3. The molecule has 6 nitrogen and oxygen atoms in total. The lowest BCUT2D eigenvalue weighted by atomic mass is 10.0. The summed E-state index contributed by atoms with van der Waals surface area (Å²) in [5.74, 6) is -0.0162. The Morgan fingerprint density at radius 1 is 0.314 bits per heavy atom. The van der Waals surface area contributed by atoms with E-state index in [9.17, 15) is 19.8 Å². The number of unbranched alkanes of at least 4 members (excludes halogenated alkanes) is 60. The summed E-state index contributed by atoms with van der Waals surface area (Å²) in [6, 6.07) is -0.541. The van der Waals surface area contributed by atoms with Crippen molar-refractivity contribution in [3.8, 4) is 0 Å². The highest BCUT2D eigenvalue weighted by Crippen LogP contribution is 2.20. The topological polar surface area (TPSA) is 95.9 Å². The molecule has 0 aliphatic rings. The molecule has 2 unspecified atom stereocenters. The molecule has 0 saturated heterocycles. The Balaban J connectivity index is 3.36. The van der Waals surface area contributed by atoms with Crippen molar-refractivity contribution in [3.05, 3.63) is 24.3 Å². The molecule has 0 heterocycles. The first-order valence-corrected chi connectivity index (χ1v) is 39.6. The average molecular weight is 1210 g/mol. The van der Waals surface area contributed by atoms with Crippen LogP contribution >= 0.6 is 0 Å². The van der Waals surface area contributed by atoms with Gasteiger partial charge in [0, 0.05) is 12.8 Å². The van der Waals surface area contributed by atoms with Crippen LogP contribution in [0.4, 0.5) is 0 Å². The smallest absolute Gasteiger partial charge is 0.305 e. The molecule has 3 N–H and O–H groups in total. The number of carbonyl (C=O) groups is 2. The lowest BCUT2D eigenvalue weighted by molar-refractivity contribution is -0.143. The molecule has 510 valence electrons. The normalized spacial score (nSPS) is 12.6. The minimum absolute atomic E-state index is 0.0113. The van der Waals surface area contributed by atoms with Gasteiger partial charge in [0.1, 0.15) is 0 Å². The zero-order chi connectivity index (χ0) is 62.0. The van der Waals surface area contributed by atoms with Gasteiger partial charge in [0.25, 0.3) is 0 Å². The van der Waals surface area contributed by atoms with Crippen LogP contribution in [0.3, 0.4) is 0 Å². The zero-order valence-corrected chi connectivity index (χ0v) is 58.6. The fraction of sp³-hybridized carbons (Fsp3) is 0.925. The number of rotatable bonds is 75. The molecule has 0 spiro atoms. The van der Waals surface area contributed by atoms with Gasteiger partial charge < -0.3 is 20.3 Å². The van der Waals surface area contributed by atoms with Crippen LogP contribution in [0.5, 0.6) is 0 Å². The summed E-state index contributed by atoms with van der Waals surface area (Å²) in [4.78, 5) is 24.7. The maximum absolute atomic E-state index is 12.6. The third-order valence-electron chi connectivity index (χ3n) is 18.7. The van der Waals surface area contributed by atoms with Crippen molar-refractivity contribution in [2.24, 2.45) is 0 Å². The highest BCUT2D eigenvalue weighted by atomic mass is 16.5. The third-order valence-corrected chi connectivity index (χ3v) is 18.7. The van der Waals surface area contributed by atoms with Gasteiger partial charge in [0.2, 0.25) is 5.91 Å². The molecular weight excluding hydrogens is 1050 g/mol. The molecule has 0 aliphatic heterocycles. The van der Waals surface area contributed by atoms with E-state index in [1.807, 2.05) is 0 Å². The van der Waals surface area contributed by atoms with E-state index in [1.165, 1.54) is 372 Å². The van der Waals surface area contributed by atoms with E-state index in [1.54, 1.807) is 0 Å². The number of nitrogens with one attached hydrogen (secondary N) is 1. The minimum atomic E-state index is -0.664. The van der Waals surface area contributed by atoms with Gasteiger partial charge in [-0.15, -0.1) is 0 Å². The molecule has 0 bridgehead atoms. The number of allylic oxidation sites excluding steroid dienone is 4. The molecule has 0 rings (SSSR count). The fourth-order valence-corrected chi connectivity index (χ4v) is 12.7. The number of carbonyl (C=O) groups excluding carboxylic acids is 2. The molecule has 6 heteroatoms. The molecule has 1 amide bonds. The Kier molecular flexibility index (Phi) is 74.3. The quantitative estimate of drug-likeness (QED) is 0.0320. The molecule has 2 atom stereocenters. The monoisotopic (exact) mass is 1210 g/mol. The van der Waals surface area contributed by atoms with E-state index in [0.717, 1.165) is 44.9 Å². The van der Waals surface area contributed by atoms with Gasteiger partial charge in [-0.2, -0.15) is 0 Å². The van der Waals surface area contributed by atoms with E-state index in [4.69, 9.17) is 4.74 Å².